The molecule has 0 bridgehead atoms. The maximum atomic E-state index is 12.1. The van der Waals surface area contributed by atoms with Crippen molar-refractivity contribution in [1.29, 1.82) is 0 Å². The number of hydrogen-bond acceptors (Lipinski definition) is 5. The summed E-state index contributed by atoms with van der Waals surface area (Å²) in [7, 11) is 0. The van der Waals surface area contributed by atoms with Gasteiger partial charge in [-0.15, -0.1) is 11.3 Å². The van der Waals surface area contributed by atoms with E-state index in [1.54, 1.807) is 11.3 Å². The molecule has 0 radical (unpaired) electrons. The van der Waals surface area contributed by atoms with Gasteiger partial charge in [0.25, 0.3) is 0 Å². The summed E-state index contributed by atoms with van der Waals surface area (Å²) in [6.45, 7) is 2.31. The van der Waals surface area contributed by atoms with E-state index in [2.05, 4.69) is 15.5 Å². The maximum absolute atomic E-state index is 12.1. The molecule has 1 atom stereocenters. The average Bonchev–Trinajstić information content (AvgIpc) is 3.25. The normalized spacial score (nSPS) is 17.0. The van der Waals surface area contributed by atoms with E-state index in [-0.39, 0.29) is 11.8 Å². The summed E-state index contributed by atoms with van der Waals surface area (Å²) in [4.78, 5) is 17.4. The highest BCUT2D eigenvalue weighted by atomic mass is 32.1. The van der Waals surface area contributed by atoms with Crippen LogP contribution in [0.1, 0.15) is 38.5 Å². The van der Waals surface area contributed by atoms with Crippen molar-refractivity contribution in [2.75, 3.05) is 0 Å². The van der Waals surface area contributed by atoms with Crippen LogP contribution >= 0.6 is 11.3 Å². The molecule has 1 N–H and O–H groups in total. The van der Waals surface area contributed by atoms with Crippen molar-refractivity contribution in [1.82, 2.24) is 15.5 Å². The van der Waals surface area contributed by atoms with Gasteiger partial charge in [0.2, 0.25) is 17.6 Å². The van der Waals surface area contributed by atoms with Crippen molar-refractivity contribution in [3.8, 4) is 10.7 Å². The molecular weight excluding hydrogens is 286 g/mol. The molecule has 1 aliphatic rings. The second-order valence-corrected chi connectivity index (χ2v) is 6.49. The van der Waals surface area contributed by atoms with Crippen LogP contribution in [-0.4, -0.2) is 16.0 Å². The largest absolute Gasteiger partial charge is 0.347 e. The van der Waals surface area contributed by atoms with Crippen LogP contribution in [0.2, 0.25) is 0 Å². The zero-order chi connectivity index (χ0) is 14.7. The molecule has 1 aliphatic carbocycles. The highest BCUT2D eigenvalue weighted by Crippen LogP contribution is 2.31. The van der Waals surface area contributed by atoms with Gasteiger partial charge in [-0.2, -0.15) is 4.98 Å². The monoisotopic (exact) mass is 305 g/mol. The number of thiophene rings is 1. The predicted octanol–water partition coefficient (Wildman–Crippen LogP) is 3.24. The molecule has 0 spiro atoms. The number of carbonyl (C=O) groups excluding carboxylic acids is 1. The summed E-state index contributed by atoms with van der Waals surface area (Å²) in [5.74, 6) is 1.70. The van der Waals surface area contributed by atoms with E-state index in [0.717, 1.165) is 17.7 Å². The van der Waals surface area contributed by atoms with E-state index in [9.17, 15) is 4.79 Å². The fraction of sp³-hybridized carbons (Fsp3) is 0.533. The molecule has 1 amide bonds. The Bertz CT molecular complexity index is 588. The average molecular weight is 305 g/mol. The van der Waals surface area contributed by atoms with E-state index in [4.69, 9.17) is 4.52 Å². The molecule has 0 aromatic carbocycles. The van der Waals surface area contributed by atoms with Gasteiger partial charge in [0.1, 0.15) is 0 Å². The van der Waals surface area contributed by atoms with E-state index in [1.807, 2.05) is 24.4 Å². The van der Waals surface area contributed by atoms with E-state index >= 15 is 0 Å². The lowest BCUT2D eigenvalue weighted by Crippen LogP contribution is -2.32. The van der Waals surface area contributed by atoms with Gasteiger partial charge in [0.15, 0.2) is 0 Å². The minimum absolute atomic E-state index is 0.0622. The van der Waals surface area contributed by atoms with E-state index in [1.165, 1.54) is 12.8 Å². The molecule has 2 aromatic rings. The van der Waals surface area contributed by atoms with Crippen LogP contribution in [0.3, 0.4) is 0 Å². The van der Waals surface area contributed by atoms with Gasteiger partial charge in [-0.1, -0.05) is 31.0 Å². The minimum atomic E-state index is 0.0622. The highest BCUT2D eigenvalue weighted by Gasteiger charge is 2.26. The Morgan fingerprint density at radius 3 is 3.05 bits per heavy atom. The molecule has 21 heavy (non-hydrogen) atoms. The molecule has 5 nitrogen and oxygen atoms in total. The van der Waals surface area contributed by atoms with Crippen LogP contribution in [0.5, 0.6) is 0 Å². The van der Waals surface area contributed by atoms with Crippen LogP contribution in [-0.2, 0) is 11.3 Å². The van der Waals surface area contributed by atoms with E-state index in [0.29, 0.717) is 24.2 Å². The Hall–Kier alpha value is -1.69. The lowest BCUT2D eigenvalue weighted by molar-refractivity contribution is -0.126. The van der Waals surface area contributed by atoms with Crippen molar-refractivity contribution in [2.24, 2.45) is 11.8 Å². The van der Waals surface area contributed by atoms with Crippen molar-refractivity contribution in [2.45, 2.75) is 39.2 Å². The Morgan fingerprint density at radius 1 is 1.52 bits per heavy atom. The third-order valence-corrected chi connectivity index (χ3v) is 5.01. The van der Waals surface area contributed by atoms with E-state index < -0.39 is 0 Å². The third kappa shape index (κ3) is 3.32. The zero-order valence-electron chi connectivity index (χ0n) is 12.0. The van der Waals surface area contributed by atoms with Crippen LogP contribution in [0.25, 0.3) is 10.7 Å². The molecule has 6 heteroatoms. The van der Waals surface area contributed by atoms with Crippen molar-refractivity contribution < 1.29 is 9.32 Å². The summed E-state index contributed by atoms with van der Waals surface area (Å²) < 4.78 is 5.17. The topological polar surface area (TPSA) is 68.0 Å². The summed E-state index contributed by atoms with van der Waals surface area (Å²) in [6.07, 6.45) is 4.82. The van der Waals surface area contributed by atoms with Crippen LogP contribution in [0.4, 0.5) is 0 Å². The fourth-order valence-electron chi connectivity index (χ4n) is 2.83. The third-order valence-electron chi connectivity index (χ3n) is 4.14. The number of nitrogens with zero attached hydrogens (tertiary/aromatic N) is 2. The van der Waals surface area contributed by atoms with Gasteiger partial charge >= 0.3 is 0 Å². The van der Waals surface area contributed by atoms with Crippen LogP contribution in [0.15, 0.2) is 22.0 Å². The van der Waals surface area contributed by atoms with Gasteiger partial charge < -0.3 is 9.84 Å². The second kappa shape index (κ2) is 6.39. The first-order chi connectivity index (χ1) is 10.2. The molecule has 2 heterocycles. The molecular formula is C15H19N3O2S. The summed E-state index contributed by atoms with van der Waals surface area (Å²) in [5, 5.41) is 8.80. The molecule has 2 aromatic heterocycles. The molecule has 0 saturated heterocycles. The predicted molar refractivity (Wildman–Crippen MR) is 80.6 cm³/mol. The summed E-state index contributed by atoms with van der Waals surface area (Å²) >= 11 is 1.56. The molecule has 1 unspecified atom stereocenters. The number of amides is 1. The number of rotatable bonds is 5. The standard InChI is InChI=1S/C15H19N3O2S/c1-10(11-5-2-3-6-11)15(19)16-9-13-17-14(18-20-13)12-7-4-8-21-12/h4,7-8,10-11H,2-3,5-6,9H2,1H3,(H,16,19). The smallest absolute Gasteiger partial charge is 0.246 e. The zero-order valence-corrected chi connectivity index (χ0v) is 12.9. The lowest BCUT2D eigenvalue weighted by Gasteiger charge is -2.17. The Morgan fingerprint density at radius 2 is 2.33 bits per heavy atom. The second-order valence-electron chi connectivity index (χ2n) is 5.54. The SMILES string of the molecule is CC(C(=O)NCc1nc(-c2cccs2)no1)C1CCCC1. The van der Waals surface area contributed by atoms with Gasteiger partial charge in [0, 0.05) is 5.92 Å². The van der Waals surface area contributed by atoms with Crippen molar-refractivity contribution in [3.05, 3.63) is 23.4 Å². The molecule has 3 rings (SSSR count). The van der Waals surface area contributed by atoms with Gasteiger partial charge in [-0.25, -0.2) is 0 Å². The molecule has 1 fully saturated rings. The molecule has 0 aliphatic heterocycles. The number of nitrogens with one attached hydrogen (secondary N) is 1. The van der Waals surface area contributed by atoms with Gasteiger partial charge in [-0.3, -0.25) is 4.79 Å². The number of hydrogen-bond donors (Lipinski definition) is 1. The maximum Gasteiger partial charge on any atom is 0.246 e. The van der Waals surface area contributed by atoms with Crippen LogP contribution in [0, 0.1) is 11.8 Å². The van der Waals surface area contributed by atoms with Crippen molar-refractivity contribution in [3.63, 3.8) is 0 Å². The number of carbonyl (C=O) groups is 1. The summed E-state index contributed by atoms with van der Waals surface area (Å²) in [6, 6.07) is 3.89. The number of aromatic nitrogens is 2. The first kappa shape index (κ1) is 14.3. The van der Waals surface area contributed by atoms with Gasteiger partial charge in [-0.05, 0) is 30.2 Å². The lowest BCUT2D eigenvalue weighted by atomic mass is 9.92. The van der Waals surface area contributed by atoms with Gasteiger partial charge in [0.05, 0.1) is 11.4 Å². The molecule has 1 saturated carbocycles. The Kier molecular flexibility index (Phi) is 4.34. The highest BCUT2D eigenvalue weighted by molar-refractivity contribution is 7.13. The van der Waals surface area contributed by atoms with Crippen molar-refractivity contribution >= 4 is 17.2 Å². The first-order valence-electron chi connectivity index (χ1n) is 7.38. The summed E-state index contributed by atoms with van der Waals surface area (Å²) in [5.41, 5.74) is 0. The fourth-order valence-corrected chi connectivity index (χ4v) is 3.48. The Labute approximate surface area is 127 Å². The quantitative estimate of drug-likeness (QED) is 0.920. The van der Waals surface area contributed by atoms with Crippen LogP contribution < -0.4 is 5.32 Å². The minimum Gasteiger partial charge on any atom is -0.347 e. The first-order valence-corrected chi connectivity index (χ1v) is 8.26. The Balaban J connectivity index is 1.54. The molecule has 112 valence electrons.